The van der Waals surface area contributed by atoms with E-state index in [4.69, 9.17) is 4.42 Å². The zero-order chi connectivity index (χ0) is 42.1. The third-order valence-corrected chi connectivity index (χ3v) is 13.3. The van der Waals surface area contributed by atoms with Gasteiger partial charge >= 0.3 is 0 Å². The highest BCUT2D eigenvalue weighted by atomic mass is 16.3. The van der Waals surface area contributed by atoms with Crippen molar-refractivity contribution in [2.75, 3.05) is 4.90 Å². The molecular weight excluding hydrogens is 763 g/mol. The largest absolute Gasteiger partial charge is 0.455 e. The van der Waals surface area contributed by atoms with Gasteiger partial charge in [0.05, 0.1) is 0 Å². The van der Waals surface area contributed by atoms with E-state index in [9.17, 15) is 0 Å². The van der Waals surface area contributed by atoms with Crippen molar-refractivity contribution < 1.29 is 4.42 Å². The van der Waals surface area contributed by atoms with Crippen molar-refractivity contribution in [2.24, 2.45) is 0 Å². The van der Waals surface area contributed by atoms with Gasteiger partial charge in [-0.25, -0.2) is 0 Å². The number of hydrogen-bond donors (Lipinski definition) is 0. The molecule has 63 heavy (non-hydrogen) atoms. The van der Waals surface area contributed by atoms with Crippen LogP contribution in [0.15, 0.2) is 229 Å². The molecule has 0 spiro atoms. The molecule has 0 saturated heterocycles. The first-order valence-electron chi connectivity index (χ1n) is 21.8. The molecule has 2 nitrogen and oxygen atoms in total. The highest BCUT2D eigenvalue weighted by Gasteiger charge is 2.36. The minimum Gasteiger partial charge on any atom is -0.455 e. The summed E-state index contributed by atoms with van der Waals surface area (Å²) >= 11 is 0. The van der Waals surface area contributed by atoms with E-state index in [-0.39, 0.29) is 5.41 Å². The van der Waals surface area contributed by atoms with Gasteiger partial charge in [-0.05, 0) is 127 Å². The average Bonchev–Trinajstić information content (AvgIpc) is 3.84. The molecule has 0 amide bonds. The van der Waals surface area contributed by atoms with Crippen LogP contribution in [0.25, 0.3) is 88.3 Å². The van der Waals surface area contributed by atoms with Gasteiger partial charge in [0.2, 0.25) is 0 Å². The lowest BCUT2D eigenvalue weighted by molar-refractivity contribution is 0.660. The summed E-state index contributed by atoms with van der Waals surface area (Å²) in [7, 11) is 0. The van der Waals surface area contributed by atoms with E-state index in [1.54, 1.807) is 0 Å². The van der Waals surface area contributed by atoms with Gasteiger partial charge in [0.1, 0.15) is 11.2 Å². The van der Waals surface area contributed by atoms with E-state index in [0.29, 0.717) is 0 Å². The Hall–Kier alpha value is -7.94. The molecule has 0 radical (unpaired) electrons. The van der Waals surface area contributed by atoms with Gasteiger partial charge in [-0.2, -0.15) is 0 Å². The summed E-state index contributed by atoms with van der Waals surface area (Å²) in [6.07, 6.45) is 0. The first-order valence-corrected chi connectivity index (χ1v) is 21.8. The average molecular weight is 806 g/mol. The maximum Gasteiger partial charge on any atom is 0.143 e. The van der Waals surface area contributed by atoms with Crippen molar-refractivity contribution >= 4 is 49.8 Å². The monoisotopic (exact) mass is 805 g/mol. The zero-order valence-corrected chi connectivity index (χ0v) is 35.2. The van der Waals surface area contributed by atoms with E-state index in [0.717, 1.165) is 55.5 Å². The van der Waals surface area contributed by atoms with E-state index in [2.05, 4.69) is 243 Å². The second-order valence-electron chi connectivity index (χ2n) is 17.3. The minimum absolute atomic E-state index is 0.246. The topological polar surface area (TPSA) is 16.4 Å². The van der Waals surface area contributed by atoms with Crippen LogP contribution in [0.1, 0.15) is 25.0 Å². The van der Waals surface area contributed by atoms with Crippen LogP contribution in [-0.2, 0) is 5.41 Å². The first kappa shape index (κ1) is 36.9. The Bertz CT molecular complexity index is 3410. The quantitative estimate of drug-likeness (QED) is 0.160. The molecule has 1 heterocycles. The lowest BCUT2D eigenvalue weighted by Crippen LogP contribution is -2.16. The lowest BCUT2D eigenvalue weighted by atomic mass is 9.81. The van der Waals surface area contributed by atoms with Crippen LogP contribution < -0.4 is 4.90 Å². The Morgan fingerprint density at radius 2 is 0.825 bits per heavy atom. The van der Waals surface area contributed by atoms with Crippen molar-refractivity contribution in [3.63, 3.8) is 0 Å². The molecule has 2 heteroatoms. The summed E-state index contributed by atoms with van der Waals surface area (Å²) in [4.78, 5) is 2.40. The highest BCUT2D eigenvalue weighted by Crippen LogP contribution is 2.52. The molecular formula is C61H43NO. The lowest BCUT2D eigenvalue weighted by Gasteiger charge is -2.28. The molecule has 11 aromatic rings. The molecule has 0 saturated carbocycles. The Morgan fingerprint density at radius 3 is 1.46 bits per heavy atom. The second kappa shape index (κ2) is 14.6. The molecule has 0 N–H and O–H groups in total. The molecule has 12 rings (SSSR count). The highest BCUT2D eigenvalue weighted by molar-refractivity contribution is 6.18. The predicted octanol–water partition coefficient (Wildman–Crippen LogP) is 17.2. The number of nitrogens with zero attached hydrogens (tertiary/aromatic N) is 1. The van der Waals surface area contributed by atoms with Crippen molar-refractivity contribution in [1.29, 1.82) is 0 Å². The normalized spacial score (nSPS) is 12.7. The van der Waals surface area contributed by atoms with Crippen LogP contribution in [0.4, 0.5) is 17.1 Å². The third-order valence-electron chi connectivity index (χ3n) is 13.3. The molecule has 10 aromatic carbocycles. The van der Waals surface area contributed by atoms with E-state index >= 15 is 0 Å². The van der Waals surface area contributed by atoms with Gasteiger partial charge in [0.15, 0.2) is 0 Å². The summed E-state index contributed by atoms with van der Waals surface area (Å²) in [5.74, 6) is 0. The Morgan fingerprint density at radius 1 is 0.317 bits per heavy atom. The molecule has 0 bridgehead atoms. The van der Waals surface area contributed by atoms with E-state index < -0.39 is 0 Å². The first-order chi connectivity index (χ1) is 31.0. The van der Waals surface area contributed by atoms with Gasteiger partial charge in [-0.3, -0.25) is 0 Å². The molecule has 0 aliphatic heterocycles. The number of benzene rings is 10. The summed E-state index contributed by atoms with van der Waals surface area (Å²) < 4.78 is 6.83. The van der Waals surface area contributed by atoms with Crippen LogP contribution in [0.3, 0.4) is 0 Å². The van der Waals surface area contributed by atoms with Crippen molar-refractivity contribution in [3.05, 3.63) is 236 Å². The van der Waals surface area contributed by atoms with E-state index in [1.807, 2.05) is 0 Å². The van der Waals surface area contributed by atoms with Crippen LogP contribution in [-0.4, -0.2) is 0 Å². The number of fused-ring (bicyclic) bond motifs is 8. The van der Waals surface area contributed by atoms with Crippen LogP contribution in [0.5, 0.6) is 0 Å². The Labute approximate surface area is 368 Å². The number of hydrogen-bond acceptors (Lipinski definition) is 2. The van der Waals surface area contributed by atoms with Crippen molar-refractivity contribution in [2.45, 2.75) is 19.3 Å². The van der Waals surface area contributed by atoms with Gasteiger partial charge < -0.3 is 9.32 Å². The second-order valence-corrected chi connectivity index (χ2v) is 17.3. The number of anilines is 3. The summed E-state index contributed by atoms with van der Waals surface area (Å²) in [6, 6.07) is 81.5. The smallest absolute Gasteiger partial charge is 0.143 e. The molecule has 0 fully saturated rings. The van der Waals surface area contributed by atoms with Crippen molar-refractivity contribution in [3.8, 4) is 55.6 Å². The van der Waals surface area contributed by atoms with Crippen molar-refractivity contribution in [1.82, 2.24) is 0 Å². The fourth-order valence-electron chi connectivity index (χ4n) is 9.96. The summed E-state index contributed by atoms with van der Waals surface area (Å²) in [5, 5.41) is 4.58. The molecule has 1 aliphatic rings. The zero-order valence-electron chi connectivity index (χ0n) is 35.2. The summed E-state index contributed by atoms with van der Waals surface area (Å²) in [5.41, 5.74) is 19.7. The molecule has 298 valence electrons. The van der Waals surface area contributed by atoms with Gasteiger partial charge in [-0.15, -0.1) is 0 Å². The van der Waals surface area contributed by atoms with Crippen LogP contribution in [0.2, 0.25) is 0 Å². The van der Waals surface area contributed by atoms with Crippen LogP contribution in [0, 0.1) is 0 Å². The SMILES string of the molecule is CC1(C)c2cc(-c3cc(-c4ccccc4)c4oc5c6ccccc6ccc5c4c3)ccc2-c2ccc(N(c3ccc(-c4ccccc4)cc3)c3ccc(-c4ccccc4)cc3)cc21. The maximum absolute atomic E-state index is 6.83. The fourth-order valence-corrected chi connectivity index (χ4v) is 9.96. The standard InChI is InChI=1S/C61H43NO/c1-61(2)57-38-46(47-36-55(44-18-10-5-11-19-44)60-56(37-47)54-34-26-45-20-12-13-21-51(45)59(54)63-60)27-33-52(57)53-35-32-50(39-58(53)61)62(48-28-22-42(23-29-48)40-14-6-3-7-15-40)49-30-24-43(25-31-49)41-16-8-4-9-17-41/h3-39H,1-2H3. The third kappa shape index (κ3) is 6.17. The number of furan rings is 1. The molecule has 1 aliphatic carbocycles. The maximum atomic E-state index is 6.83. The van der Waals surface area contributed by atoms with Gasteiger partial charge in [0.25, 0.3) is 0 Å². The minimum atomic E-state index is -0.246. The van der Waals surface area contributed by atoms with Gasteiger partial charge in [0, 0.05) is 44.2 Å². The Balaban J connectivity index is 0.962. The fraction of sp³-hybridized carbons (Fsp3) is 0.0492. The summed E-state index contributed by atoms with van der Waals surface area (Å²) in [6.45, 7) is 4.76. The molecule has 0 unspecified atom stereocenters. The molecule has 0 atom stereocenters. The van der Waals surface area contributed by atoms with Crippen LogP contribution >= 0.6 is 0 Å². The van der Waals surface area contributed by atoms with Gasteiger partial charge in [-0.1, -0.05) is 178 Å². The van der Waals surface area contributed by atoms with E-state index in [1.165, 1.54) is 61.0 Å². The molecule has 1 aromatic heterocycles. The number of rotatable bonds is 7. The Kier molecular flexibility index (Phi) is 8.55. The predicted molar refractivity (Wildman–Crippen MR) is 265 cm³/mol.